The van der Waals surface area contributed by atoms with E-state index in [2.05, 4.69) is 10.6 Å². The van der Waals surface area contributed by atoms with E-state index in [0.717, 1.165) is 5.56 Å². The molecule has 3 N–H and O–H groups in total. The summed E-state index contributed by atoms with van der Waals surface area (Å²) in [6.45, 7) is 0.462. The first kappa shape index (κ1) is 18.9. The number of nitro groups is 1. The van der Waals surface area contributed by atoms with Crippen LogP contribution < -0.4 is 10.6 Å². The molecule has 7 nitrogen and oxygen atoms in total. The summed E-state index contributed by atoms with van der Waals surface area (Å²) in [6.07, 6.45) is 0.503. The summed E-state index contributed by atoms with van der Waals surface area (Å²) in [5.41, 5.74) is 0.761. The first-order valence-electron chi connectivity index (χ1n) is 7.67. The van der Waals surface area contributed by atoms with E-state index in [4.69, 9.17) is 16.7 Å². The number of nitrogens with zero attached hydrogens (tertiary/aromatic N) is 1. The lowest BCUT2D eigenvalue weighted by molar-refractivity contribution is -0.384. The number of benzene rings is 2. The van der Waals surface area contributed by atoms with E-state index in [1.54, 1.807) is 12.1 Å². The Balaban J connectivity index is 2.19. The lowest BCUT2D eigenvalue weighted by Gasteiger charge is -2.19. The molecule has 0 radical (unpaired) electrons. The molecule has 0 fully saturated rings. The third-order valence-corrected chi connectivity index (χ3v) is 3.81. The minimum absolute atomic E-state index is 0.00341. The van der Waals surface area contributed by atoms with E-state index in [1.807, 2.05) is 18.2 Å². The van der Waals surface area contributed by atoms with E-state index in [0.29, 0.717) is 13.0 Å². The Bertz CT molecular complexity index is 740. The second-order valence-corrected chi connectivity index (χ2v) is 5.69. The summed E-state index contributed by atoms with van der Waals surface area (Å²) in [6, 6.07) is 12.5. The van der Waals surface area contributed by atoms with E-state index in [-0.39, 0.29) is 28.9 Å². The standard InChI is InChI=1S/C17H18ClN3O4/c18-14-8-7-13(11-15(14)21(24)25)20-17(23)16(19-9-4-10-22)12-5-2-1-3-6-12/h1-3,5-8,11,16,19,22H,4,9-10H2,(H,20,23)/t16-/m0/s1. The fraction of sp³-hybridized carbons (Fsp3) is 0.235. The van der Waals surface area contributed by atoms with Gasteiger partial charge in [-0.3, -0.25) is 14.9 Å². The molecule has 2 aromatic carbocycles. The van der Waals surface area contributed by atoms with Crippen LogP contribution in [0, 0.1) is 10.1 Å². The predicted octanol–water partition coefficient (Wildman–Crippen LogP) is 2.90. The second kappa shape index (κ2) is 9.12. The van der Waals surface area contributed by atoms with Gasteiger partial charge in [-0.25, -0.2) is 0 Å². The quantitative estimate of drug-likeness (QED) is 0.380. The Kier molecular flexibility index (Phi) is 6.88. The zero-order valence-electron chi connectivity index (χ0n) is 13.3. The third kappa shape index (κ3) is 5.25. The number of aliphatic hydroxyl groups excluding tert-OH is 1. The topological polar surface area (TPSA) is 104 Å². The van der Waals surface area contributed by atoms with Crippen molar-refractivity contribution in [3.05, 3.63) is 69.2 Å². The molecule has 132 valence electrons. The molecule has 1 amide bonds. The fourth-order valence-corrected chi connectivity index (χ4v) is 2.46. The fourth-order valence-electron chi connectivity index (χ4n) is 2.28. The molecule has 0 saturated heterocycles. The van der Waals surface area contributed by atoms with Gasteiger partial charge < -0.3 is 15.7 Å². The van der Waals surface area contributed by atoms with Gasteiger partial charge in [-0.1, -0.05) is 41.9 Å². The number of amides is 1. The van der Waals surface area contributed by atoms with Crippen molar-refractivity contribution in [1.82, 2.24) is 5.32 Å². The van der Waals surface area contributed by atoms with Gasteiger partial charge in [-0.15, -0.1) is 0 Å². The van der Waals surface area contributed by atoms with E-state index in [1.165, 1.54) is 18.2 Å². The van der Waals surface area contributed by atoms with Gasteiger partial charge in [0.1, 0.15) is 11.1 Å². The summed E-state index contributed by atoms with van der Waals surface area (Å²) in [7, 11) is 0. The molecule has 0 bridgehead atoms. The van der Waals surface area contributed by atoms with Gasteiger partial charge in [0.2, 0.25) is 5.91 Å². The number of carbonyl (C=O) groups excluding carboxylic acids is 1. The molecule has 0 unspecified atom stereocenters. The molecular weight excluding hydrogens is 346 g/mol. The van der Waals surface area contributed by atoms with Crippen LogP contribution in [0.2, 0.25) is 5.02 Å². The lowest BCUT2D eigenvalue weighted by atomic mass is 10.1. The molecule has 0 aliphatic rings. The molecule has 0 aliphatic carbocycles. The summed E-state index contributed by atoms with van der Waals surface area (Å²) in [5, 5.41) is 25.6. The Hall–Kier alpha value is -2.48. The summed E-state index contributed by atoms with van der Waals surface area (Å²) in [4.78, 5) is 23.0. The molecule has 2 aromatic rings. The van der Waals surface area contributed by atoms with Crippen molar-refractivity contribution in [3.63, 3.8) is 0 Å². The Morgan fingerprint density at radius 3 is 2.60 bits per heavy atom. The number of nitrogens with one attached hydrogen (secondary N) is 2. The number of rotatable bonds is 8. The van der Waals surface area contributed by atoms with Crippen molar-refractivity contribution in [2.75, 3.05) is 18.5 Å². The van der Waals surface area contributed by atoms with Gasteiger partial charge in [0.15, 0.2) is 0 Å². The summed E-state index contributed by atoms with van der Waals surface area (Å²) in [5.74, 6) is -0.360. The van der Waals surface area contributed by atoms with Crippen LogP contribution in [-0.4, -0.2) is 29.1 Å². The zero-order chi connectivity index (χ0) is 18.2. The van der Waals surface area contributed by atoms with Crippen molar-refractivity contribution >= 4 is 28.9 Å². The van der Waals surface area contributed by atoms with Gasteiger partial charge in [0.25, 0.3) is 5.69 Å². The zero-order valence-corrected chi connectivity index (χ0v) is 14.1. The van der Waals surface area contributed by atoms with Crippen molar-refractivity contribution in [3.8, 4) is 0 Å². The summed E-state index contributed by atoms with van der Waals surface area (Å²) >= 11 is 5.78. The number of halogens is 1. The molecule has 2 rings (SSSR count). The summed E-state index contributed by atoms with van der Waals surface area (Å²) < 4.78 is 0. The number of hydrogen-bond acceptors (Lipinski definition) is 5. The van der Waals surface area contributed by atoms with Crippen LogP contribution in [0.15, 0.2) is 48.5 Å². The van der Waals surface area contributed by atoms with Crippen LogP contribution in [0.5, 0.6) is 0 Å². The molecule has 0 heterocycles. The van der Waals surface area contributed by atoms with E-state index in [9.17, 15) is 14.9 Å². The molecule has 0 saturated carbocycles. The number of aliphatic hydroxyl groups is 1. The Morgan fingerprint density at radius 1 is 1.24 bits per heavy atom. The predicted molar refractivity (Wildman–Crippen MR) is 95.6 cm³/mol. The van der Waals surface area contributed by atoms with Gasteiger partial charge in [0, 0.05) is 18.4 Å². The van der Waals surface area contributed by atoms with Gasteiger partial charge in [0.05, 0.1) is 4.92 Å². The number of nitro benzene ring substituents is 1. The molecule has 0 aromatic heterocycles. The van der Waals surface area contributed by atoms with E-state index < -0.39 is 11.0 Å². The third-order valence-electron chi connectivity index (χ3n) is 3.49. The smallest absolute Gasteiger partial charge is 0.289 e. The lowest BCUT2D eigenvalue weighted by Crippen LogP contribution is -2.34. The Morgan fingerprint density at radius 2 is 1.96 bits per heavy atom. The highest BCUT2D eigenvalue weighted by Crippen LogP contribution is 2.28. The first-order valence-corrected chi connectivity index (χ1v) is 8.04. The second-order valence-electron chi connectivity index (χ2n) is 5.29. The van der Waals surface area contributed by atoms with Crippen LogP contribution in [0.3, 0.4) is 0 Å². The molecule has 8 heteroatoms. The van der Waals surface area contributed by atoms with Gasteiger partial charge >= 0.3 is 0 Å². The van der Waals surface area contributed by atoms with Crippen molar-refractivity contribution < 1.29 is 14.8 Å². The minimum atomic E-state index is -0.650. The highest BCUT2D eigenvalue weighted by Gasteiger charge is 2.21. The van der Waals surface area contributed by atoms with Crippen LogP contribution in [0.1, 0.15) is 18.0 Å². The molecule has 1 atom stereocenters. The highest BCUT2D eigenvalue weighted by molar-refractivity contribution is 6.32. The average molecular weight is 364 g/mol. The van der Waals surface area contributed by atoms with Crippen LogP contribution in [-0.2, 0) is 4.79 Å². The molecule has 0 spiro atoms. The van der Waals surface area contributed by atoms with E-state index >= 15 is 0 Å². The minimum Gasteiger partial charge on any atom is -0.396 e. The van der Waals surface area contributed by atoms with Crippen molar-refractivity contribution in [1.29, 1.82) is 0 Å². The van der Waals surface area contributed by atoms with Crippen LogP contribution >= 0.6 is 11.6 Å². The SMILES string of the molecule is O=C(Nc1ccc(Cl)c([N+](=O)[O-])c1)[C@@H](NCCCO)c1ccccc1. The Labute approximate surface area is 149 Å². The van der Waals surface area contributed by atoms with Crippen molar-refractivity contribution in [2.24, 2.45) is 0 Å². The number of hydrogen-bond donors (Lipinski definition) is 3. The average Bonchev–Trinajstić information content (AvgIpc) is 2.61. The van der Waals surface area contributed by atoms with Crippen molar-refractivity contribution in [2.45, 2.75) is 12.5 Å². The molecule has 0 aliphatic heterocycles. The molecular formula is C17H18ClN3O4. The maximum Gasteiger partial charge on any atom is 0.289 e. The molecule has 25 heavy (non-hydrogen) atoms. The van der Waals surface area contributed by atoms with Gasteiger partial charge in [-0.2, -0.15) is 0 Å². The highest BCUT2D eigenvalue weighted by atomic mass is 35.5. The first-order chi connectivity index (χ1) is 12.0. The monoisotopic (exact) mass is 363 g/mol. The number of anilines is 1. The number of carbonyl (C=O) groups is 1. The normalized spacial score (nSPS) is 11.8. The largest absolute Gasteiger partial charge is 0.396 e. The van der Waals surface area contributed by atoms with Gasteiger partial charge in [-0.05, 0) is 30.7 Å². The van der Waals surface area contributed by atoms with Crippen LogP contribution in [0.25, 0.3) is 0 Å². The maximum atomic E-state index is 12.6. The maximum absolute atomic E-state index is 12.6. The van der Waals surface area contributed by atoms with Crippen LogP contribution in [0.4, 0.5) is 11.4 Å².